The first-order valence-corrected chi connectivity index (χ1v) is 5.66. The molecule has 0 aliphatic rings. The molecule has 1 unspecified atom stereocenters. The first-order chi connectivity index (χ1) is 5.66. The van der Waals surface area contributed by atoms with Gasteiger partial charge in [-0.25, -0.2) is 0 Å². The van der Waals surface area contributed by atoms with Crippen molar-refractivity contribution in [1.29, 1.82) is 0 Å². The Balaban J connectivity index is 3.00. The van der Waals surface area contributed by atoms with Crippen LogP contribution in [0.15, 0.2) is 0 Å². The second kappa shape index (κ2) is 7.70. The minimum atomic E-state index is 0.897. The summed E-state index contributed by atoms with van der Waals surface area (Å²) < 4.78 is 0. The molecule has 1 heteroatoms. The Labute approximate surface area is 79.4 Å². The molecule has 72 valence electrons. The standard InChI is InChI=1S/C11H25B/c1-5-11(4)12-9-7-6-8-10(2)3/h10-12H,5-9H2,1-4H3. The first kappa shape index (κ1) is 12.1. The molecule has 0 radical (unpaired) electrons. The zero-order valence-corrected chi connectivity index (χ0v) is 9.40. The minimum Gasteiger partial charge on any atom is -0.0772 e. The van der Waals surface area contributed by atoms with E-state index in [1.807, 2.05) is 0 Å². The van der Waals surface area contributed by atoms with E-state index >= 15 is 0 Å². The highest BCUT2D eigenvalue weighted by Crippen LogP contribution is 2.13. The lowest BCUT2D eigenvalue weighted by Gasteiger charge is -2.06. The fourth-order valence-electron chi connectivity index (χ4n) is 1.43. The fourth-order valence-corrected chi connectivity index (χ4v) is 1.43. The van der Waals surface area contributed by atoms with Crippen LogP contribution in [-0.2, 0) is 0 Å². The Hall–Kier alpha value is 0.0649. The van der Waals surface area contributed by atoms with Crippen molar-refractivity contribution in [3.05, 3.63) is 0 Å². The summed E-state index contributed by atoms with van der Waals surface area (Å²) in [5, 5.41) is 0. The van der Waals surface area contributed by atoms with Crippen LogP contribution in [0.4, 0.5) is 0 Å². The molecule has 0 fully saturated rings. The molecule has 0 aliphatic heterocycles. The molecule has 0 spiro atoms. The van der Waals surface area contributed by atoms with Gasteiger partial charge < -0.3 is 0 Å². The van der Waals surface area contributed by atoms with E-state index in [4.69, 9.17) is 0 Å². The molecule has 0 aromatic rings. The summed E-state index contributed by atoms with van der Waals surface area (Å²) in [5.41, 5.74) is 0. The van der Waals surface area contributed by atoms with Crippen molar-refractivity contribution in [2.75, 3.05) is 0 Å². The lowest BCUT2D eigenvalue weighted by Crippen LogP contribution is -1.98. The van der Waals surface area contributed by atoms with Gasteiger partial charge in [0.15, 0.2) is 0 Å². The molecular weight excluding hydrogens is 143 g/mol. The highest BCUT2D eigenvalue weighted by molar-refractivity contribution is 6.37. The molecular formula is C11H25B. The van der Waals surface area contributed by atoms with Crippen molar-refractivity contribution in [2.45, 2.75) is 65.5 Å². The normalized spacial score (nSPS) is 13.4. The van der Waals surface area contributed by atoms with E-state index < -0.39 is 0 Å². The highest BCUT2D eigenvalue weighted by atomic mass is 14.0. The molecule has 0 aromatic heterocycles. The summed E-state index contributed by atoms with van der Waals surface area (Å²) in [6.45, 7) is 9.28. The van der Waals surface area contributed by atoms with Crippen molar-refractivity contribution in [2.24, 2.45) is 5.92 Å². The number of rotatable bonds is 7. The van der Waals surface area contributed by atoms with E-state index in [2.05, 4.69) is 27.7 Å². The highest BCUT2D eigenvalue weighted by Gasteiger charge is 2.00. The van der Waals surface area contributed by atoms with Crippen LogP contribution in [0.5, 0.6) is 0 Å². The number of hydrogen-bond acceptors (Lipinski definition) is 0. The van der Waals surface area contributed by atoms with Crippen LogP contribution in [0.3, 0.4) is 0 Å². The summed E-state index contributed by atoms with van der Waals surface area (Å²) in [5.74, 6) is 1.85. The Morgan fingerprint density at radius 1 is 1.08 bits per heavy atom. The molecule has 0 aromatic carbocycles. The molecule has 0 saturated heterocycles. The maximum atomic E-state index is 2.36. The Bertz CT molecular complexity index is 89.0. The van der Waals surface area contributed by atoms with Gasteiger partial charge in [-0.05, 0) is 5.92 Å². The third kappa shape index (κ3) is 8.16. The predicted molar refractivity (Wildman–Crippen MR) is 60.4 cm³/mol. The van der Waals surface area contributed by atoms with Gasteiger partial charge in [0, 0.05) is 0 Å². The topological polar surface area (TPSA) is 0 Å². The predicted octanol–water partition coefficient (Wildman–Crippen LogP) is 3.89. The quantitative estimate of drug-likeness (QED) is 0.399. The molecule has 0 nitrogen and oxygen atoms in total. The molecule has 12 heavy (non-hydrogen) atoms. The summed E-state index contributed by atoms with van der Waals surface area (Å²) in [4.78, 5) is 0. The van der Waals surface area contributed by atoms with Crippen molar-refractivity contribution in [3.8, 4) is 0 Å². The van der Waals surface area contributed by atoms with Crippen molar-refractivity contribution in [3.63, 3.8) is 0 Å². The van der Waals surface area contributed by atoms with Gasteiger partial charge >= 0.3 is 0 Å². The number of hydrogen-bond donors (Lipinski definition) is 0. The van der Waals surface area contributed by atoms with Gasteiger partial charge in [-0.3, -0.25) is 0 Å². The maximum absolute atomic E-state index is 2.36. The molecule has 0 N–H and O–H groups in total. The van der Waals surface area contributed by atoms with E-state index in [1.54, 1.807) is 0 Å². The van der Waals surface area contributed by atoms with Gasteiger partial charge in [0.25, 0.3) is 0 Å². The zero-order chi connectivity index (χ0) is 9.40. The fraction of sp³-hybridized carbons (Fsp3) is 1.00. The largest absolute Gasteiger partial charge is 0.123 e. The van der Waals surface area contributed by atoms with Crippen LogP contribution < -0.4 is 0 Å². The van der Waals surface area contributed by atoms with Crippen molar-refractivity contribution >= 4 is 7.28 Å². The van der Waals surface area contributed by atoms with Crippen molar-refractivity contribution in [1.82, 2.24) is 0 Å². The van der Waals surface area contributed by atoms with Gasteiger partial charge in [-0.2, -0.15) is 0 Å². The van der Waals surface area contributed by atoms with Crippen LogP contribution in [0, 0.1) is 5.92 Å². The molecule has 0 bridgehead atoms. The van der Waals surface area contributed by atoms with Gasteiger partial charge in [-0.15, -0.1) is 0 Å². The SMILES string of the molecule is CCC(C)BCCCCC(C)C. The van der Waals surface area contributed by atoms with Crippen LogP contribution in [0.2, 0.25) is 12.1 Å². The summed E-state index contributed by atoms with van der Waals surface area (Å²) in [6.07, 6.45) is 7.10. The zero-order valence-electron chi connectivity index (χ0n) is 9.40. The van der Waals surface area contributed by atoms with E-state index in [0.29, 0.717) is 0 Å². The maximum Gasteiger partial charge on any atom is 0.123 e. The average molecular weight is 168 g/mol. The smallest absolute Gasteiger partial charge is 0.0772 e. The minimum absolute atomic E-state index is 0.897. The van der Waals surface area contributed by atoms with Gasteiger partial charge in [0.2, 0.25) is 0 Å². The third-order valence-corrected chi connectivity index (χ3v) is 2.68. The number of unbranched alkanes of at least 4 members (excludes halogenated alkanes) is 1. The van der Waals surface area contributed by atoms with E-state index in [9.17, 15) is 0 Å². The molecule has 0 aliphatic carbocycles. The van der Waals surface area contributed by atoms with Crippen LogP contribution in [0.25, 0.3) is 0 Å². The molecule has 0 amide bonds. The Morgan fingerprint density at radius 3 is 2.25 bits per heavy atom. The van der Waals surface area contributed by atoms with Gasteiger partial charge in [-0.1, -0.05) is 65.5 Å². The summed E-state index contributed by atoms with van der Waals surface area (Å²) in [7, 11) is 1.44. The van der Waals surface area contributed by atoms with Gasteiger partial charge in [0.1, 0.15) is 7.28 Å². The van der Waals surface area contributed by atoms with Crippen molar-refractivity contribution < 1.29 is 0 Å². The van der Waals surface area contributed by atoms with Crippen LogP contribution in [0.1, 0.15) is 53.4 Å². The summed E-state index contributed by atoms with van der Waals surface area (Å²) in [6, 6.07) is 0. The van der Waals surface area contributed by atoms with E-state index in [1.165, 1.54) is 39.3 Å². The Kier molecular flexibility index (Phi) is 7.74. The Morgan fingerprint density at radius 2 is 1.75 bits per heavy atom. The molecule has 0 heterocycles. The second-order valence-electron chi connectivity index (χ2n) is 4.55. The average Bonchev–Trinajstić information content (AvgIpc) is 2.03. The third-order valence-electron chi connectivity index (χ3n) is 2.68. The van der Waals surface area contributed by atoms with E-state index in [-0.39, 0.29) is 0 Å². The second-order valence-corrected chi connectivity index (χ2v) is 4.55. The lowest BCUT2D eigenvalue weighted by atomic mass is 9.61. The monoisotopic (exact) mass is 168 g/mol. The first-order valence-electron chi connectivity index (χ1n) is 5.66. The molecule has 1 atom stereocenters. The van der Waals surface area contributed by atoms with E-state index in [0.717, 1.165) is 11.7 Å². The van der Waals surface area contributed by atoms with Crippen LogP contribution >= 0.6 is 0 Å². The van der Waals surface area contributed by atoms with Crippen LogP contribution in [-0.4, -0.2) is 7.28 Å². The lowest BCUT2D eigenvalue weighted by molar-refractivity contribution is 0.549. The molecule has 0 rings (SSSR count). The molecule has 0 saturated carbocycles. The summed E-state index contributed by atoms with van der Waals surface area (Å²) >= 11 is 0. The van der Waals surface area contributed by atoms with Gasteiger partial charge in [0.05, 0.1) is 0 Å².